The third-order valence-electron chi connectivity index (χ3n) is 2.59. The fourth-order valence-corrected chi connectivity index (χ4v) is 1.96. The Balaban J connectivity index is 2.79. The summed E-state index contributed by atoms with van der Waals surface area (Å²) in [7, 11) is 0. The first kappa shape index (κ1) is 15.1. The summed E-state index contributed by atoms with van der Waals surface area (Å²) in [6.45, 7) is 5.75. The average Bonchev–Trinajstić information content (AvgIpc) is 2.24. The third-order valence-corrected chi connectivity index (χ3v) is 3.19. The van der Waals surface area contributed by atoms with Gasteiger partial charge in [-0.25, -0.2) is 4.39 Å². The molecule has 0 saturated heterocycles. The lowest BCUT2D eigenvalue weighted by Crippen LogP contribution is -2.36. The maximum atomic E-state index is 13.2. The van der Waals surface area contributed by atoms with Gasteiger partial charge in [-0.2, -0.15) is 0 Å². The highest BCUT2D eigenvalue weighted by Crippen LogP contribution is 2.24. The molecule has 100 valence electrons. The quantitative estimate of drug-likeness (QED) is 0.896. The molecule has 1 aromatic carbocycles. The summed E-state index contributed by atoms with van der Waals surface area (Å²) in [6.07, 6.45) is 0.618. The molecule has 0 aromatic heterocycles. The maximum absolute atomic E-state index is 13.2. The monoisotopic (exact) mass is 316 g/mol. The number of carbonyl (C=O) groups excluding carboxylic acids is 1. The van der Waals surface area contributed by atoms with Crippen LogP contribution in [0.3, 0.4) is 0 Å². The van der Waals surface area contributed by atoms with Crippen LogP contribution in [0.4, 0.5) is 10.1 Å². The zero-order valence-corrected chi connectivity index (χ0v) is 12.3. The van der Waals surface area contributed by atoms with Crippen molar-refractivity contribution in [3.63, 3.8) is 0 Å². The molecule has 1 atom stereocenters. The average molecular weight is 317 g/mol. The molecule has 0 unspecified atom stereocenters. The van der Waals surface area contributed by atoms with Crippen LogP contribution in [0.15, 0.2) is 16.6 Å². The summed E-state index contributed by atoms with van der Waals surface area (Å²) in [5.41, 5.74) is 7.03. The molecule has 0 bridgehead atoms. The van der Waals surface area contributed by atoms with Crippen molar-refractivity contribution < 1.29 is 9.18 Å². The van der Waals surface area contributed by atoms with Crippen LogP contribution in [-0.4, -0.2) is 11.9 Å². The smallest absolute Gasteiger partial charge is 0.241 e. The predicted octanol–water partition coefficient (Wildman–Crippen LogP) is 3.21. The lowest BCUT2D eigenvalue weighted by molar-refractivity contribution is -0.117. The van der Waals surface area contributed by atoms with Crippen molar-refractivity contribution in [3.8, 4) is 0 Å². The van der Waals surface area contributed by atoms with Crippen molar-refractivity contribution in [2.45, 2.75) is 33.2 Å². The minimum absolute atomic E-state index is 0.245. The number of nitrogens with one attached hydrogen (secondary N) is 1. The van der Waals surface area contributed by atoms with Gasteiger partial charge in [0.15, 0.2) is 0 Å². The van der Waals surface area contributed by atoms with Crippen LogP contribution in [0.5, 0.6) is 0 Å². The first-order chi connectivity index (χ1) is 8.31. The third kappa shape index (κ3) is 4.07. The van der Waals surface area contributed by atoms with E-state index in [1.54, 1.807) is 13.0 Å². The summed E-state index contributed by atoms with van der Waals surface area (Å²) in [6, 6.07) is 2.37. The van der Waals surface area contributed by atoms with Crippen molar-refractivity contribution in [3.05, 3.63) is 28.0 Å². The number of halogens is 2. The van der Waals surface area contributed by atoms with Crippen LogP contribution in [0, 0.1) is 18.7 Å². The van der Waals surface area contributed by atoms with Gasteiger partial charge in [0, 0.05) is 5.69 Å². The van der Waals surface area contributed by atoms with Gasteiger partial charge >= 0.3 is 0 Å². The Morgan fingerprint density at radius 3 is 2.67 bits per heavy atom. The molecular weight excluding hydrogens is 299 g/mol. The highest BCUT2D eigenvalue weighted by molar-refractivity contribution is 9.10. The van der Waals surface area contributed by atoms with Gasteiger partial charge in [0.05, 0.1) is 10.5 Å². The SMILES string of the molecule is Cc1cc(F)c(Br)cc1NC(=O)[C@H](N)CC(C)C. The zero-order valence-electron chi connectivity index (χ0n) is 10.8. The van der Waals surface area contributed by atoms with Gasteiger partial charge < -0.3 is 11.1 Å². The van der Waals surface area contributed by atoms with Gasteiger partial charge in [-0.05, 0) is 52.9 Å². The minimum atomic E-state index is -0.548. The zero-order chi connectivity index (χ0) is 13.9. The summed E-state index contributed by atoms with van der Waals surface area (Å²) in [5.74, 6) is -0.242. The van der Waals surface area contributed by atoms with E-state index in [0.29, 0.717) is 28.1 Å². The maximum Gasteiger partial charge on any atom is 0.241 e. The minimum Gasteiger partial charge on any atom is -0.324 e. The fraction of sp³-hybridized carbons (Fsp3) is 0.462. The Morgan fingerprint density at radius 2 is 2.11 bits per heavy atom. The first-order valence-electron chi connectivity index (χ1n) is 5.83. The fourth-order valence-electron chi connectivity index (χ4n) is 1.62. The second kappa shape index (κ2) is 6.29. The molecule has 3 N–H and O–H groups in total. The highest BCUT2D eigenvalue weighted by Gasteiger charge is 2.16. The number of hydrogen-bond acceptors (Lipinski definition) is 2. The van der Waals surface area contributed by atoms with Crippen molar-refractivity contribution in [1.82, 2.24) is 0 Å². The lowest BCUT2D eigenvalue weighted by atomic mass is 10.0. The number of anilines is 1. The van der Waals surface area contributed by atoms with Gasteiger partial charge in [0.1, 0.15) is 5.82 Å². The van der Waals surface area contributed by atoms with E-state index >= 15 is 0 Å². The van der Waals surface area contributed by atoms with E-state index in [-0.39, 0.29) is 11.7 Å². The van der Waals surface area contributed by atoms with E-state index in [9.17, 15) is 9.18 Å². The molecular formula is C13H18BrFN2O. The molecule has 0 heterocycles. The molecule has 0 aliphatic rings. The Morgan fingerprint density at radius 1 is 1.50 bits per heavy atom. The topological polar surface area (TPSA) is 55.1 Å². The van der Waals surface area contributed by atoms with E-state index in [4.69, 9.17) is 5.73 Å². The molecule has 0 radical (unpaired) electrons. The first-order valence-corrected chi connectivity index (χ1v) is 6.62. The van der Waals surface area contributed by atoms with E-state index in [0.717, 1.165) is 0 Å². The molecule has 0 saturated carbocycles. The Bertz CT molecular complexity index is 449. The van der Waals surface area contributed by atoms with E-state index in [2.05, 4.69) is 21.2 Å². The summed E-state index contributed by atoms with van der Waals surface area (Å²) in [5, 5.41) is 2.72. The van der Waals surface area contributed by atoms with E-state index in [1.807, 2.05) is 13.8 Å². The van der Waals surface area contributed by atoms with Gasteiger partial charge in [-0.15, -0.1) is 0 Å². The molecule has 0 spiro atoms. The van der Waals surface area contributed by atoms with Crippen LogP contribution < -0.4 is 11.1 Å². The molecule has 0 aliphatic carbocycles. The van der Waals surface area contributed by atoms with Crippen LogP contribution >= 0.6 is 15.9 Å². The second-order valence-electron chi connectivity index (χ2n) is 4.81. The predicted molar refractivity (Wildman–Crippen MR) is 74.9 cm³/mol. The normalized spacial score (nSPS) is 12.6. The van der Waals surface area contributed by atoms with Gasteiger partial charge in [0.25, 0.3) is 0 Å². The molecule has 0 fully saturated rings. The van der Waals surface area contributed by atoms with E-state index < -0.39 is 6.04 Å². The Kier molecular flexibility index (Phi) is 5.28. The molecule has 3 nitrogen and oxygen atoms in total. The second-order valence-corrected chi connectivity index (χ2v) is 5.66. The number of amides is 1. The van der Waals surface area contributed by atoms with Crippen LogP contribution in [0.25, 0.3) is 0 Å². The summed E-state index contributed by atoms with van der Waals surface area (Å²) >= 11 is 3.09. The van der Waals surface area contributed by atoms with Gasteiger partial charge in [-0.3, -0.25) is 4.79 Å². The van der Waals surface area contributed by atoms with Crippen LogP contribution in [-0.2, 0) is 4.79 Å². The summed E-state index contributed by atoms with van der Waals surface area (Å²) in [4.78, 5) is 11.9. The summed E-state index contributed by atoms with van der Waals surface area (Å²) < 4.78 is 13.6. The Hall–Kier alpha value is -0.940. The Labute approximate surface area is 115 Å². The molecule has 1 amide bonds. The molecule has 1 aromatic rings. The van der Waals surface area contributed by atoms with Crippen molar-refractivity contribution in [2.75, 3.05) is 5.32 Å². The molecule has 0 aliphatic heterocycles. The standard InChI is InChI=1S/C13H18BrFN2O/c1-7(2)4-11(16)13(18)17-12-6-9(14)10(15)5-8(12)3/h5-7,11H,4,16H2,1-3H3,(H,17,18)/t11-/m1/s1. The van der Waals surface area contributed by atoms with E-state index in [1.165, 1.54) is 6.07 Å². The van der Waals surface area contributed by atoms with Crippen molar-refractivity contribution in [2.24, 2.45) is 11.7 Å². The van der Waals surface area contributed by atoms with Gasteiger partial charge in [0.2, 0.25) is 5.91 Å². The number of aryl methyl sites for hydroxylation is 1. The van der Waals surface area contributed by atoms with Crippen LogP contribution in [0.2, 0.25) is 0 Å². The number of rotatable bonds is 4. The van der Waals surface area contributed by atoms with Crippen molar-refractivity contribution in [1.29, 1.82) is 0 Å². The number of hydrogen-bond donors (Lipinski definition) is 2. The number of nitrogens with two attached hydrogens (primary N) is 1. The van der Waals surface area contributed by atoms with Crippen molar-refractivity contribution >= 4 is 27.5 Å². The lowest BCUT2D eigenvalue weighted by Gasteiger charge is -2.15. The molecule has 5 heteroatoms. The molecule has 1 rings (SSSR count). The number of benzene rings is 1. The number of carbonyl (C=O) groups is 1. The highest BCUT2D eigenvalue weighted by atomic mass is 79.9. The van der Waals surface area contributed by atoms with Gasteiger partial charge in [-0.1, -0.05) is 13.8 Å². The van der Waals surface area contributed by atoms with Crippen LogP contribution in [0.1, 0.15) is 25.8 Å². The molecule has 18 heavy (non-hydrogen) atoms. The largest absolute Gasteiger partial charge is 0.324 e.